The molecule has 1 aliphatic rings. The van der Waals surface area contributed by atoms with Crippen LogP contribution in [0.25, 0.3) is 0 Å². The summed E-state index contributed by atoms with van der Waals surface area (Å²) >= 11 is 0. The third-order valence-corrected chi connectivity index (χ3v) is 3.06. The number of alkyl halides is 3. The van der Waals surface area contributed by atoms with Crippen molar-refractivity contribution in [2.75, 3.05) is 13.2 Å². The van der Waals surface area contributed by atoms with E-state index in [0.29, 0.717) is 0 Å². The van der Waals surface area contributed by atoms with Crippen molar-refractivity contribution in [3.05, 3.63) is 29.8 Å². The number of nitrogens with two attached hydrogens (primary N) is 2. The largest absolute Gasteiger partial charge is 0.491 e. The van der Waals surface area contributed by atoms with Crippen molar-refractivity contribution in [2.24, 2.45) is 21.5 Å². The van der Waals surface area contributed by atoms with Crippen LogP contribution in [-0.4, -0.2) is 35.9 Å². The highest BCUT2D eigenvalue weighted by Crippen LogP contribution is 2.31. The van der Waals surface area contributed by atoms with E-state index < -0.39 is 17.4 Å². The van der Waals surface area contributed by atoms with E-state index in [-0.39, 0.29) is 47.9 Å². The number of hydroxylamine groups is 2. The first-order chi connectivity index (χ1) is 11.1. The van der Waals surface area contributed by atoms with Gasteiger partial charge in [-0.1, -0.05) is 6.07 Å². The molecular formula is C14H19BrF3N5O2. The molecule has 1 aromatic carbocycles. The number of hydrogen-bond acceptors (Lipinski definition) is 7. The summed E-state index contributed by atoms with van der Waals surface area (Å²) in [6.07, 6.45) is -4.42. The maximum absolute atomic E-state index is 12.6. The van der Waals surface area contributed by atoms with Crippen molar-refractivity contribution < 1.29 is 22.7 Å². The maximum Gasteiger partial charge on any atom is 0.416 e. The fourth-order valence-electron chi connectivity index (χ4n) is 2.07. The van der Waals surface area contributed by atoms with E-state index in [2.05, 4.69) is 9.98 Å². The Bertz CT molecular complexity index is 664. The van der Waals surface area contributed by atoms with Crippen LogP contribution in [0.4, 0.5) is 13.2 Å². The normalized spacial score (nSPS) is 16.6. The lowest BCUT2D eigenvalue weighted by Crippen LogP contribution is -2.54. The van der Waals surface area contributed by atoms with Gasteiger partial charge in [0.05, 0.1) is 5.56 Å². The van der Waals surface area contributed by atoms with Gasteiger partial charge in [-0.25, -0.2) is 4.99 Å². The van der Waals surface area contributed by atoms with Gasteiger partial charge < -0.3 is 16.2 Å². The first-order valence-corrected chi connectivity index (χ1v) is 7.02. The Morgan fingerprint density at radius 2 is 1.88 bits per heavy atom. The van der Waals surface area contributed by atoms with E-state index in [0.717, 1.165) is 12.1 Å². The molecule has 0 atom stereocenters. The molecule has 0 spiro atoms. The van der Waals surface area contributed by atoms with Gasteiger partial charge in [-0.15, -0.1) is 17.0 Å². The number of benzene rings is 1. The van der Waals surface area contributed by atoms with Gasteiger partial charge in [0.15, 0.2) is 5.66 Å². The van der Waals surface area contributed by atoms with E-state index in [1.54, 1.807) is 13.8 Å². The van der Waals surface area contributed by atoms with E-state index in [1.807, 2.05) is 0 Å². The molecule has 7 nitrogen and oxygen atoms in total. The van der Waals surface area contributed by atoms with Gasteiger partial charge in [0.2, 0.25) is 11.9 Å². The highest BCUT2D eigenvalue weighted by atomic mass is 79.9. The summed E-state index contributed by atoms with van der Waals surface area (Å²) in [6, 6.07) is 4.60. The van der Waals surface area contributed by atoms with Gasteiger partial charge in [0, 0.05) is 0 Å². The first-order valence-electron chi connectivity index (χ1n) is 7.02. The zero-order valence-corrected chi connectivity index (χ0v) is 15.3. The van der Waals surface area contributed by atoms with Crippen molar-refractivity contribution in [1.29, 1.82) is 0 Å². The van der Waals surface area contributed by atoms with Crippen LogP contribution in [-0.2, 0) is 11.0 Å². The molecular weight excluding hydrogens is 407 g/mol. The fourth-order valence-corrected chi connectivity index (χ4v) is 2.07. The van der Waals surface area contributed by atoms with Crippen molar-refractivity contribution in [2.45, 2.75) is 25.7 Å². The Morgan fingerprint density at radius 3 is 2.48 bits per heavy atom. The topological polar surface area (TPSA) is 98.5 Å². The minimum absolute atomic E-state index is 0. The summed E-state index contributed by atoms with van der Waals surface area (Å²) < 4.78 is 43.1. The number of ether oxygens (including phenoxy) is 1. The molecule has 11 heteroatoms. The van der Waals surface area contributed by atoms with Crippen molar-refractivity contribution >= 4 is 28.9 Å². The van der Waals surface area contributed by atoms with E-state index in [1.165, 1.54) is 17.2 Å². The van der Waals surface area contributed by atoms with Crippen molar-refractivity contribution in [3.8, 4) is 5.75 Å². The lowest BCUT2D eigenvalue weighted by atomic mass is 10.2. The quantitative estimate of drug-likeness (QED) is 0.705. The Balaban J connectivity index is 0.00000312. The van der Waals surface area contributed by atoms with Crippen LogP contribution in [0, 0.1) is 0 Å². The van der Waals surface area contributed by atoms with Gasteiger partial charge >= 0.3 is 6.18 Å². The molecule has 0 amide bonds. The van der Waals surface area contributed by atoms with E-state index in [4.69, 9.17) is 21.0 Å². The SMILES string of the molecule is Br.CC1(C)N=C(N)N=C(N)N1OCCOc1cccc(C(F)(F)F)c1. The molecule has 4 N–H and O–H groups in total. The van der Waals surface area contributed by atoms with Crippen molar-refractivity contribution in [1.82, 2.24) is 5.06 Å². The average molecular weight is 426 g/mol. The minimum atomic E-state index is -4.42. The number of hydrogen-bond donors (Lipinski definition) is 2. The Labute approximate surface area is 153 Å². The Hall–Kier alpha value is -2.01. The Morgan fingerprint density at radius 1 is 1.20 bits per heavy atom. The molecule has 25 heavy (non-hydrogen) atoms. The number of rotatable bonds is 5. The molecule has 140 valence electrons. The average Bonchev–Trinajstić information content (AvgIpc) is 2.44. The third-order valence-electron chi connectivity index (χ3n) is 3.06. The molecule has 1 aromatic rings. The standard InChI is InChI=1S/C14H18F3N5O2.BrH/c1-13(2)21-11(18)20-12(19)22(13)24-7-6-23-10-5-3-4-9(8-10)14(15,16)17;/h3-5,8H,6-7H2,1-2H3,(H4,18,19,20,21);1H. The molecule has 0 fully saturated rings. The maximum atomic E-state index is 12.6. The summed E-state index contributed by atoms with van der Waals surface area (Å²) in [5, 5.41) is 1.26. The van der Waals surface area contributed by atoms with Gasteiger partial charge in [0.25, 0.3) is 0 Å². The third kappa shape index (κ3) is 5.49. The zero-order valence-electron chi connectivity index (χ0n) is 13.6. The van der Waals surface area contributed by atoms with Crippen LogP contribution < -0.4 is 16.2 Å². The summed E-state index contributed by atoms with van der Waals surface area (Å²) in [5.74, 6) is 0.166. The highest BCUT2D eigenvalue weighted by Gasteiger charge is 2.33. The molecule has 0 bridgehead atoms. The second-order valence-corrected chi connectivity index (χ2v) is 5.44. The molecule has 0 saturated heterocycles. The van der Waals surface area contributed by atoms with Crippen LogP contribution in [0.1, 0.15) is 19.4 Å². The predicted molar refractivity (Wildman–Crippen MR) is 92.4 cm³/mol. The van der Waals surface area contributed by atoms with Gasteiger partial charge in [-0.05, 0) is 32.0 Å². The molecule has 2 rings (SSSR count). The minimum Gasteiger partial charge on any atom is -0.491 e. The molecule has 0 saturated carbocycles. The Kier molecular flexibility index (Phi) is 6.66. The number of nitrogens with zero attached hydrogens (tertiary/aromatic N) is 3. The van der Waals surface area contributed by atoms with Crippen molar-refractivity contribution in [3.63, 3.8) is 0 Å². The van der Waals surface area contributed by atoms with Crippen LogP contribution in [0.2, 0.25) is 0 Å². The summed E-state index contributed by atoms with van der Waals surface area (Å²) in [4.78, 5) is 13.3. The number of halogens is 4. The van der Waals surface area contributed by atoms with Gasteiger partial charge in [0.1, 0.15) is 19.0 Å². The zero-order chi connectivity index (χ0) is 18.0. The van der Waals surface area contributed by atoms with Crippen LogP contribution in [0.5, 0.6) is 5.75 Å². The monoisotopic (exact) mass is 425 g/mol. The van der Waals surface area contributed by atoms with Gasteiger partial charge in [-0.2, -0.15) is 23.2 Å². The van der Waals surface area contributed by atoms with Crippen LogP contribution in [0.3, 0.4) is 0 Å². The molecule has 1 heterocycles. The lowest BCUT2D eigenvalue weighted by molar-refractivity contribution is -0.161. The number of aliphatic imine (C=N–C) groups is 2. The molecule has 1 aliphatic heterocycles. The summed E-state index contributed by atoms with van der Waals surface area (Å²) in [5.41, 5.74) is 9.62. The van der Waals surface area contributed by atoms with Crippen LogP contribution >= 0.6 is 17.0 Å². The smallest absolute Gasteiger partial charge is 0.416 e. The lowest BCUT2D eigenvalue weighted by Gasteiger charge is -2.36. The van der Waals surface area contributed by atoms with Crippen LogP contribution in [0.15, 0.2) is 34.3 Å². The first kappa shape index (κ1) is 21.0. The van der Waals surface area contributed by atoms with E-state index in [9.17, 15) is 13.2 Å². The molecule has 0 unspecified atom stereocenters. The second kappa shape index (κ2) is 7.91. The summed E-state index contributed by atoms with van der Waals surface area (Å²) in [6.45, 7) is 3.48. The second-order valence-electron chi connectivity index (χ2n) is 5.44. The molecule has 0 aromatic heterocycles. The van der Waals surface area contributed by atoms with E-state index >= 15 is 0 Å². The number of guanidine groups is 2. The van der Waals surface area contributed by atoms with Gasteiger partial charge in [-0.3, -0.25) is 4.84 Å². The molecule has 0 aliphatic carbocycles. The summed E-state index contributed by atoms with van der Waals surface area (Å²) in [7, 11) is 0. The highest BCUT2D eigenvalue weighted by molar-refractivity contribution is 8.93. The fraction of sp³-hybridized carbons (Fsp3) is 0.429. The molecule has 0 radical (unpaired) electrons. The predicted octanol–water partition coefficient (Wildman–Crippen LogP) is 2.27.